The van der Waals surface area contributed by atoms with Gasteiger partial charge in [0, 0.05) is 12.2 Å². The molecule has 0 bridgehead atoms. The van der Waals surface area contributed by atoms with E-state index in [1.165, 1.54) is 11.8 Å². The second-order valence-electron chi connectivity index (χ2n) is 7.07. The van der Waals surface area contributed by atoms with Crippen LogP contribution in [0.3, 0.4) is 0 Å². The van der Waals surface area contributed by atoms with Crippen LogP contribution in [0.15, 0.2) is 47.6 Å². The first-order chi connectivity index (χ1) is 14.6. The van der Waals surface area contributed by atoms with Gasteiger partial charge in [0.25, 0.3) is 0 Å². The largest absolute Gasteiger partial charge is 0.486 e. The lowest BCUT2D eigenvalue weighted by Gasteiger charge is -2.18. The lowest BCUT2D eigenvalue weighted by atomic mass is 10.1. The molecule has 1 aliphatic heterocycles. The first kappa shape index (κ1) is 20.3. The van der Waals surface area contributed by atoms with Crippen LogP contribution < -0.4 is 14.8 Å². The van der Waals surface area contributed by atoms with E-state index in [1.54, 1.807) is 0 Å². The summed E-state index contributed by atoms with van der Waals surface area (Å²) < 4.78 is 13.1. The minimum atomic E-state index is -0.0333. The molecular formula is C22H24N4O3S. The van der Waals surface area contributed by atoms with Gasteiger partial charge in [-0.2, -0.15) is 0 Å². The number of amides is 1. The van der Waals surface area contributed by atoms with Gasteiger partial charge in [0.15, 0.2) is 16.7 Å². The van der Waals surface area contributed by atoms with Crippen molar-refractivity contribution in [3.05, 3.63) is 59.4 Å². The lowest BCUT2D eigenvalue weighted by Crippen LogP contribution is -2.27. The Morgan fingerprint density at radius 3 is 2.77 bits per heavy atom. The first-order valence-corrected chi connectivity index (χ1v) is 10.9. The van der Waals surface area contributed by atoms with Gasteiger partial charge in [0.1, 0.15) is 19.0 Å². The highest BCUT2D eigenvalue weighted by Gasteiger charge is 2.14. The quantitative estimate of drug-likeness (QED) is 0.587. The zero-order chi connectivity index (χ0) is 20.9. The van der Waals surface area contributed by atoms with Crippen LogP contribution in [-0.2, 0) is 11.2 Å². The third-order valence-corrected chi connectivity index (χ3v) is 5.66. The lowest BCUT2D eigenvalue weighted by molar-refractivity contribution is -0.118. The molecule has 4 rings (SSSR count). The molecule has 156 valence electrons. The highest BCUT2D eigenvalue weighted by atomic mass is 32.2. The number of hydrogen-bond donors (Lipinski definition) is 1. The fraction of sp³-hybridized carbons (Fsp3) is 0.318. The van der Waals surface area contributed by atoms with Crippen LogP contribution in [0.2, 0.25) is 0 Å². The molecule has 30 heavy (non-hydrogen) atoms. The Morgan fingerprint density at radius 2 is 1.93 bits per heavy atom. The van der Waals surface area contributed by atoms with E-state index >= 15 is 0 Å². The minimum Gasteiger partial charge on any atom is -0.486 e. The smallest absolute Gasteiger partial charge is 0.230 e. The van der Waals surface area contributed by atoms with Crippen LogP contribution in [0.1, 0.15) is 17.0 Å². The van der Waals surface area contributed by atoms with Crippen LogP contribution in [0.4, 0.5) is 0 Å². The van der Waals surface area contributed by atoms with Crippen molar-refractivity contribution in [2.45, 2.75) is 25.4 Å². The van der Waals surface area contributed by atoms with Crippen LogP contribution in [0, 0.1) is 13.8 Å². The number of ether oxygens (including phenoxy) is 2. The van der Waals surface area contributed by atoms with Crippen molar-refractivity contribution >= 4 is 17.7 Å². The second kappa shape index (κ2) is 9.21. The number of nitrogens with one attached hydrogen (secondary N) is 1. The maximum atomic E-state index is 12.3. The number of carbonyl (C=O) groups excluding carboxylic acids is 1. The predicted molar refractivity (Wildman–Crippen MR) is 116 cm³/mol. The number of nitrogens with zero attached hydrogens (tertiary/aromatic N) is 3. The van der Waals surface area contributed by atoms with Gasteiger partial charge < -0.3 is 14.8 Å². The van der Waals surface area contributed by atoms with E-state index in [0.717, 1.165) is 40.6 Å². The molecule has 0 unspecified atom stereocenters. The third-order valence-electron chi connectivity index (χ3n) is 4.73. The molecular weight excluding hydrogens is 400 g/mol. The van der Waals surface area contributed by atoms with Gasteiger partial charge in [-0.25, -0.2) is 0 Å². The molecule has 7 nitrogen and oxygen atoms in total. The number of aromatic nitrogens is 3. The van der Waals surface area contributed by atoms with Crippen molar-refractivity contribution < 1.29 is 14.3 Å². The number of fused-ring (bicyclic) bond motifs is 1. The molecule has 1 N–H and O–H groups in total. The first-order valence-electron chi connectivity index (χ1n) is 9.87. The van der Waals surface area contributed by atoms with E-state index in [4.69, 9.17) is 9.47 Å². The summed E-state index contributed by atoms with van der Waals surface area (Å²) in [4.78, 5) is 12.3. The summed E-state index contributed by atoms with van der Waals surface area (Å²) in [5.74, 6) is 2.59. The molecule has 0 saturated carbocycles. The Kier molecular flexibility index (Phi) is 6.23. The average molecular weight is 425 g/mol. The molecule has 8 heteroatoms. The highest BCUT2D eigenvalue weighted by molar-refractivity contribution is 7.99. The molecule has 0 saturated heterocycles. The number of benzene rings is 2. The molecule has 1 amide bonds. The summed E-state index contributed by atoms with van der Waals surface area (Å²) in [6, 6.07) is 14.0. The summed E-state index contributed by atoms with van der Waals surface area (Å²) in [7, 11) is 0. The Balaban J connectivity index is 1.30. The zero-order valence-electron chi connectivity index (χ0n) is 17.1. The van der Waals surface area contributed by atoms with Crippen molar-refractivity contribution in [2.24, 2.45) is 0 Å². The standard InChI is InChI=1S/C22H24N4O3S/c1-15-4-3-5-18(12-15)26-16(2)24-25-22(26)30-14-21(27)23-9-8-17-6-7-19-20(13-17)29-11-10-28-19/h3-7,12-13H,8-11,14H2,1-2H3,(H,23,27). The van der Waals surface area contributed by atoms with E-state index in [-0.39, 0.29) is 11.7 Å². The molecule has 0 radical (unpaired) electrons. The SMILES string of the molecule is Cc1cccc(-n2c(C)nnc2SCC(=O)NCCc2ccc3c(c2)OCCO3)c1. The topological polar surface area (TPSA) is 78.3 Å². The summed E-state index contributed by atoms with van der Waals surface area (Å²) in [5, 5.41) is 12.1. The van der Waals surface area contributed by atoms with Crippen LogP contribution in [0.5, 0.6) is 11.5 Å². The second-order valence-corrected chi connectivity index (χ2v) is 8.01. The Labute approximate surface area is 179 Å². The van der Waals surface area contributed by atoms with Crippen LogP contribution in [-0.4, -0.2) is 46.2 Å². The molecule has 0 fully saturated rings. The van der Waals surface area contributed by atoms with Crippen LogP contribution >= 0.6 is 11.8 Å². The van der Waals surface area contributed by atoms with Crippen molar-refractivity contribution in [1.29, 1.82) is 0 Å². The van der Waals surface area contributed by atoms with Gasteiger partial charge in [0.2, 0.25) is 5.91 Å². The molecule has 2 heterocycles. The highest BCUT2D eigenvalue weighted by Crippen LogP contribution is 2.30. The molecule has 0 aliphatic carbocycles. The summed E-state index contributed by atoms with van der Waals surface area (Å²) >= 11 is 1.38. The maximum Gasteiger partial charge on any atom is 0.230 e. The monoisotopic (exact) mass is 424 g/mol. The third kappa shape index (κ3) is 4.76. The number of rotatable bonds is 7. The minimum absolute atomic E-state index is 0.0333. The predicted octanol–water partition coefficient (Wildman–Crippen LogP) is 3.11. The van der Waals surface area contributed by atoms with E-state index in [2.05, 4.69) is 21.6 Å². The average Bonchev–Trinajstić information content (AvgIpc) is 3.12. The summed E-state index contributed by atoms with van der Waals surface area (Å²) in [6.45, 7) is 5.66. The van der Waals surface area contributed by atoms with E-state index in [9.17, 15) is 4.79 Å². The molecule has 3 aromatic rings. The maximum absolute atomic E-state index is 12.3. The van der Waals surface area contributed by atoms with Gasteiger partial charge in [-0.05, 0) is 55.7 Å². The van der Waals surface area contributed by atoms with Gasteiger partial charge in [0.05, 0.1) is 5.75 Å². The molecule has 1 aromatic heterocycles. The zero-order valence-corrected chi connectivity index (χ0v) is 17.9. The number of carbonyl (C=O) groups is 1. The molecule has 2 aromatic carbocycles. The van der Waals surface area contributed by atoms with Crippen molar-refractivity contribution in [2.75, 3.05) is 25.5 Å². The fourth-order valence-corrected chi connectivity index (χ4v) is 4.10. The number of aryl methyl sites for hydroxylation is 2. The van der Waals surface area contributed by atoms with Gasteiger partial charge in [-0.15, -0.1) is 10.2 Å². The van der Waals surface area contributed by atoms with Crippen molar-refractivity contribution in [3.8, 4) is 17.2 Å². The molecule has 0 spiro atoms. The summed E-state index contributed by atoms with van der Waals surface area (Å²) in [6.07, 6.45) is 0.728. The van der Waals surface area contributed by atoms with Crippen LogP contribution in [0.25, 0.3) is 5.69 Å². The normalized spacial score (nSPS) is 12.6. The van der Waals surface area contributed by atoms with Gasteiger partial charge in [-0.1, -0.05) is 30.0 Å². The van der Waals surface area contributed by atoms with E-state index < -0.39 is 0 Å². The van der Waals surface area contributed by atoms with Crippen molar-refractivity contribution in [1.82, 2.24) is 20.1 Å². The summed E-state index contributed by atoms with van der Waals surface area (Å²) in [5.41, 5.74) is 3.26. The number of thioether (sulfide) groups is 1. The van der Waals surface area contributed by atoms with E-state index in [1.807, 2.05) is 54.8 Å². The fourth-order valence-electron chi connectivity index (χ4n) is 3.27. The van der Waals surface area contributed by atoms with Crippen molar-refractivity contribution in [3.63, 3.8) is 0 Å². The Morgan fingerprint density at radius 1 is 1.10 bits per heavy atom. The van der Waals surface area contributed by atoms with Gasteiger partial charge in [-0.3, -0.25) is 9.36 Å². The Hall–Kier alpha value is -3.00. The van der Waals surface area contributed by atoms with Gasteiger partial charge >= 0.3 is 0 Å². The molecule has 1 aliphatic rings. The number of hydrogen-bond acceptors (Lipinski definition) is 6. The van der Waals surface area contributed by atoms with E-state index in [0.29, 0.717) is 24.9 Å². The Bertz CT molecular complexity index is 1050. The molecule has 0 atom stereocenters.